The fourth-order valence-electron chi connectivity index (χ4n) is 3.45. The molecule has 0 spiro atoms. The number of amides is 1. The summed E-state index contributed by atoms with van der Waals surface area (Å²) in [6, 6.07) is 14.6. The molecular weight excluding hydrogens is 361 g/mol. The lowest BCUT2D eigenvalue weighted by atomic mass is 9.96. The van der Waals surface area contributed by atoms with Crippen LogP contribution in [0.25, 0.3) is 10.2 Å². The number of para-hydroxylation sites is 1. The van der Waals surface area contributed by atoms with Gasteiger partial charge in [0.25, 0.3) is 0 Å². The van der Waals surface area contributed by atoms with Crippen molar-refractivity contribution in [1.29, 1.82) is 0 Å². The Hall–Kier alpha value is -2.47. The molecule has 6 heteroatoms. The van der Waals surface area contributed by atoms with Crippen molar-refractivity contribution >= 4 is 32.6 Å². The smallest absolute Gasteiger partial charge is 0.223 e. The third kappa shape index (κ3) is 4.27. The number of hydrogen-bond donors (Lipinski definition) is 1. The summed E-state index contributed by atoms with van der Waals surface area (Å²) in [5, 5.41) is 4.07. The van der Waals surface area contributed by atoms with Gasteiger partial charge in [0.1, 0.15) is 5.82 Å². The van der Waals surface area contributed by atoms with Crippen molar-refractivity contribution in [2.24, 2.45) is 5.92 Å². The monoisotopic (exact) mass is 383 g/mol. The Balaban J connectivity index is 1.25. The van der Waals surface area contributed by atoms with E-state index in [-0.39, 0.29) is 17.6 Å². The van der Waals surface area contributed by atoms with Crippen molar-refractivity contribution in [3.05, 3.63) is 59.9 Å². The van der Waals surface area contributed by atoms with E-state index >= 15 is 0 Å². The molecule has 2 aromatic carbocycles. The molecule has 27 heavy (non-hydrogen) atoms. The number of fused-ring (bicyclic) bond motifs is 1. The molecular formula is C21H22FN3OS. The first kappa shape index (κ1) is 17.9. The average Bonchev–Trinajstić information content (AvgIpc) is 3.14. The minimum Gasteiger partial charge on any atom is -0.356 e. The van der Waals surface area contributed by atoms with Crippen molar-refractivity contribution in [1.82, 2.24) is 10.3 Å². The largest absolute Gasteiger partial charge is 0.356 e. The molecule has 4 rings (SSSR count). The highest BCUT2D eigenvalue weighted by atomic mass is 32.1. The SMILES string of the molecule is O=C(NCCc1ccc(F)cc1)C1CCN(c2nc3ccccc3s2)CC1. The molecule has 0 atom stereocenters. The number of rotatable bonds is 5. The molecule has 0 saturated carbocycles. The highest BCUT2D eigenvalue weighted by Gasteiger charge is 2.26. The van der Waals surface area contributed by atoms with E-state index in [0.717, 1.165) is 48.6 Å². The Bertz CT molecular complexity index is 884. The first-order chi connectivity index (χ1) is 13.2. The van der Waals surface area contributed by atoms with E-state index in [1.807, 2.05) is 18.2 Å². The van der Waals surface area contributed by atoms with Crippen LogP contribution in [0.4, 0.5) is 9.52 Å². The zero-order valence-electron chi connectivity index (χ0n) is 15.0. The second kappa shape index (κ2) is 8.05. The second-order valence-corrected chi connectivity index (χ2v) is 7.90. The van der Waals surface area contributed by atoms with Crippen molar-refractivity contribution in [3.63, 3.8) is 0 Å². The fourth-order valence-corrected chi connectivity index (χ4v) is 4.47. The maximum atomic E-state index is 12.9. The van der Waals surface area contributed by atoms with E-state index in [1.54, 1.807) is 23.5 Å². The molecule has 0 radical (unpaired) electrons. The first-order valence-corrected chi connectivity index (χ1v) is 10.1. The summed E-state index contributed by atoms with van der Waals surface area (Å²) < 4.78 is 14.1. The topological polar surface area (TPSA) is 45.2 Å². The minimum absolute atomic E-state index is 0.0591. The van der Waals surface area contributed by atoms with Crippen LogP contribution in [-0.4, -0.2) is 30.5 Å². The lowest BCUT2D eigenvalue weighted by Gasteiger charge is -2.31. The Morgan fingerprint density at radius 2 is 1.89 bits per heavy atom. The standard InChI is InChI=1S/C21H22FN3OS/c22-17-7-5-15(6-8-17)9-12-23-20(26)16-10-13-25(14-11-16)21-24-18-3-1-2-4-19(18)27-21/h1-8,16H,9-14H2,(H,23,26). The highest BCUT2D eigenvalue weighted by molar-refractivity contribution is 7.22. The zero-order valence-corrected chi connectivity index (χ0v) is 15.8. The average molecular weight is 383 g/mol. The van der Waals surface area contributed by atoms with Crippen molar-refractivity contribution in [3.8, 4) is 0 Å². The Morgan fingerprint density at radius 3 is 2.63 bits per heavy atom. The maximum Gasteiger partial charge on any atom is 0.223 e. The number of benzene rings is 2. The summed E-state index contributed by atoms with van der Waals surface area (Å²) in [6.45, 7) is 2.30. The predicted octanol–water partition coefficient (Wildman–Crippen LogP) is 4.01. The van der Waals surface area contributed by atoms with Crippen LogP contribution in [0.15, 0.2) is 48.5 Å². The van der Waals surface area contributed by atoms with E-state index in [0.29, 0.717) is 6.54 Å². The van der Waals surface area contributed by atoms with Gasteiger partial charge < -0.3 is 10.2 Å². The van der Waals surface area contributed by atoms with Crippen LogP contribution >= 0.6 is 11.3 Å². The molecule has 4 nitrogen and oxygen atoms in total. The van der Waals surface area contributed by atoms with E-state index in [2.05, 4.69) is 16.3 Å². The Labute approximate surface area is 162 Å². The molecule has 0 aliphatic carbocycles. The molecule has 140 valence electrons. The summed E-state index contributed by atoms with van der Waals surface area (Å²) in [5.41, 5.74) is 2.07. The third-order valence-electron chi connectivity index (χ3n) is 5.05. The number of halogens is 1. The number of nitrogens with zero attached hydrogens (tertiary/aromatic N) is 2. The summed E-state index contributed by atoms with van der Waals surface area (Å²) >= 11 is 1.71. The van der Waals surface area contributed by atoms with Crippen LogP contribution in [-0.2, 0) is 11.2 Å². The van der Waals surface area contributed by atoms with E-state index in [4.69, 9.17) is 4.98 Å². The van der Waals surface area contributed by atoms with Crippen LogP contribution in [0.5, 0.6) is 0 Å². The molecule has 0 unspecified atom stereocenters. The normalized spacial score (nSPS) is 15.2. The number of anilines is 1. The van der Waals surface area contributed by atoms with Gasteiger partial charge in [-0.1, -0.05) is 35.6 Å². The van der Waals surface area contributed by atoms with Crippen LogP contribution in [0.2, 0.25) is 0 Å². The molecule has 3 aromatic rings. The van der Waals surface area contributed by atoms with Gasteiger partial charge in [-0.2, -0.15) is 0 Å². The first-order valence-electron chi connectivity index (χ1n) is 9.32. The van der Waals surface area contributed by atoms with Crippen molar-refractivity contribution in [2.75, 3.05) is 24.5 Å². The number of nitrogens with one attached hydrogen (secondary N) is 1. The summed E-state index contributed by atoms with van der Waals surface area (Å²) in [6.07, 6.45) is 2.41. The second-order valence-electron chi connectivity index (χ2n) is 6.89. The molecule has 1 fully saturated rings. The highest BCUT2D eigenvalue weighted by Crippen LogP contribution is 2.31. The van der Waals surface area contributed by atoms with Crippen LogP contribution in [0, 0.1) is 11.7 Å². The van der Waals surface area contributed by atoms with E-state index in [9.17, 15) is 9.18 Å². The summed E-state index contributed by atoms with van der Waals surface area (Å²) in [5.74, 6) is -0.0485. The molecule has 2 heterocycles. The maximum absolute atomic E-state index is 12.9. The molecule has 0 bridgehead atoms. The quantitative estimate of drug-likeness (QED) is 0.724. The van der Waals surface area contributed by atoms with Crippen LogP contribution in [0.1, 0.15) is 18.4 Å². The molecule has 1 amide bonds. The minimum atomic E-state index is -0.234. The molecule has 1 aromatic heterocycles. The molecule has 1 aliphatic rings. The lowest BCUT2D eigenvalue weighted by molar-refractivity contribution is -0.125. The van der Waals surface area contributed by atoms with Gasteiger partial charge >= 0.3 is 0 Å². The molecule has 1 N–H and O–H groups in total. The van der Waals surface area contributed by atoms with Gasteiger partial charge in [0.05, 0.1) is 10.2 Å². The van der Waals surface area contributed by atoms with Gasteiger partial charge in [0.2, 0.25) is 5.91 Å². The van der Waals surface area contributed by atoms with Gasteiger partial charge in [-0.05, 0) is 49.1 Å². The Kier molecular flexibility index (Phi) is 5.34. The number of thiazole rings is 1. The summed E-state index contributed by atoms with van der Waals surface area (Å²) in [7, 11) is 0. The number of hydrogen-bond acceptors (Lipinski definition) is 4. The fraction of sp³-hybridized carbons (Fsp3) is 0.333. The number of carbonyl (C=O) groups excluding carboxylic acids is 1. The Morgan fingerprint density at radius 1 is 1.15 bits per heavy atom. The summed E-state index contributed by atoms with van der Waals surface area (Å²) in [4.78, 5) is 19.4. The van der Waals surface area contributed by atoms with Gasteiger partial charge in [-0.25, -0.2) is 9.37 Å². The zero-order chi connectivity index (χ0) is 18.6. The van der Waals surface area contributed by atoms with Gasteiger partial charge in [0.15, 0.2) is 5.13 Å². The van der Waals surface area contributed by atoms with Crippen molar-refractivity contribution in [2.45, 2.75) is 19.3 Å². The number of carbonyl (C=O) groups is 1. The predicted molar refractivity (Wildman–Crippen MR) is 108 cm³/mol. The third-order valence-corrected chi connectivity index (χ3v) is 6.14. The molecule has 1 saturated heterocycles. The number of aromatic nitrogens is 1. The number of piperidine rings is 1. The van der Waals surface area contributed by atoms with Crippen LogP contribution in [0.3, 0.4) is 0 Å². The van der Waals surface area contributed by atoms with Crippen molar-refractivity contribution < 1.29 is 9.18 Å². The van der Waals surface area contributed by atoms with E-state index < -0.39 is 0 Å². The van der Waals surface area contributed by atoms with Crippen LogP contribution < -0.4 is 10.2 Å². The van der Waals surface area contributed by atoms with Gasteiger partial charge in [-0.15, -0.1) is 0 Å². The lowest BCUT2D eigenvalue weighted by Crippen LogP contribution is -2.41. The molecule has 1 aliphatic heterocycles. The van der Waals surface area contributed by atoms with Gasteiger partial charge in [-0.3, -0.25) is 4.79 Å². The van der Waals surface area contributed by atoms with Gasteiger partial charge in [0, 0.05) is 25.6 Å². The van der Waals surface area contributed by atoms with E-state index in [1.165, 1.54) is 16.8 Å².